The number of hydrogen-bond acceptors (Lipinski definition) is 3. The number of rotatable bonds is 3. The van der Waals surface area contributed by atoms with Crippen LogP contribution in [0.3, 0.4) is 0 Å². The van der Waals surface area contributed by atoms with Crippen LogP contribution in [0.15, 0.2) is 24.3 Å². The van der Waals surface area contributed by atoms with Crippen molar-refractivity contribution >= 4 is 11.8 Å². The Hall–Kier alpha value is -2.04. The lowest BCUT2D eigenvalue weighted by Crippen LogP contribution is -2.52. The predicted octanol–water partition coefficient (Wildman–Crippen LogP) is 2.95. The lowest BCUT2D eigenvalue weighted by molar-refractivity contribution is -0.139. The largest absolute Gasteiger partial charge is 0.488 e. The predicted molar refractivity (Wildman–Crippen MR) is 96.6 cm³/mol. The molecule has 5 nitrogen and oxygen atoms in total. The Bertz CT molecular complexity index is 621. The van der Waals surface area contributed by atoms with E-state index in [-0.39, 0.29) is 23.3 Å². The van der Waals surface area contributed by atoms with E-state index in [9.17, 15) is 9.59 Å². The van der Waals surface area contributed by atoms with Gasteiger partial charge in [-0.3, -0.25) is 9.59 Å². The summed E-state index contributed by atoms with van der Waals surface area (Å²) in [7, 11) is 0. The molecular formula is C20H28N2O3. The van der Waals surface area contributed by atoms with Gasteiger partial charge in [0.05, 0.1) is 0 Å². The van der Waals surface area contributed by atoms with Crippen molar-refractivity contribution < 1.29 is 14.3 Å². The van der Waals surface area contributed by atoms with Crippen molar-refractivity contribution in [3.8, 4) is 5.75 Å². The summed E-state index contributed by atoms with van der Waals surface area (Å²) in [6, 6.07) is 7.31. The molecular weight excluding hydrogens is 316 g/mol. The summed E-state index contributed by atoms with van der Waals surface area (Å²) in [4.78, 5) is 28.7. The van der Waals surface area contributed by atoms with Crippen molar-refractivity contribution in [3.05, 3.63) is 29.8 Å². The maximum Gasteiger partial charge on any atom is 0.253 e. The number of hydrogen-bond donors (Lipinski definition) is 0. The minimum absolute atomic E-state index is 0.0260. The minimum Gasteiger partial charge on any atom is -0.488 e. The third-order valence-corrected chi connectivity index (χ3v) is 4.86. The maximum absolute atomic E-state index is 12.7. The van der Waals surface area contributed by atoms with Crippen LogP contribution in [-0.2, 0) is 4.79 Å². The first-order valence-corrected chi connectivity index (χ1v) is 9.21. The van der Waals surface area contributed by atoms with Crippen molar-refractivity contribution in [3.63, 3.8) is 0 Å². The zero-order valence-corrected chi connectivity index (χ0v) is 15.5. The summed E-state index contributed by atoms with van der Waals surface area (Å²) in [6.45, 7) is 8.50. The van der Waals surface area contributed by atoms with Crippen molar-refractivity contribution in [1.82, 2.24) is 9.80 Å². The van der Waals surface area contributed by atoms with Crippen LogP contribution in [0, 0.1) is 5.92 Å². The highest BCUT2D eigenvalue weighted by atomic mass is 16.5. The third kappa shape index (κ3) is 4.33. The number of carbonyl (C=O) groups excluding carboxylic acids is 2. The van der Waals surface area contributed by atoms with Crippen LogP contribution in [-0.4, -0.2) is 53.4 Å². The monoisotopic (exact) mass is 344 g/mol. The van der Waals surface area contributed by atoms with Crippen LogP contribution >= 0.6 is 0 Å². The third-order valence-electron chi connectivity index (χ3n) is 4.86. The molecule has 136 valence electrons. The second-order valence-electron chi connectivity index (χ2n) is 7.98. The molecule has 5 heteroatoms. The summed E-state index contributed by atoms with van der Waals surface area (Å²) >= 11 is 0. The van der Waals surface area contributed by atoms with Crippen LogP contribution in [0.25, 0.3) is 0 Å². The second kappa shape index (κ2) is 7.06. The van der Waals surface area contributed by atoms with Gasteiger partial charge in [-0.25, -0.2) is 0 Å². The molecule has 0 unspecified atom stereocenters. The van der Waals surface area contributed by atoms with Gasteiger partial charge in [0.15, 0.2) is 0 Å². The van der Waals surface area contributed by atoms with Crippen LogP contribution in [0.1, 0.15) is 50.4 Å². The van der Waals surface area contributed by atoms with Crippen molar-refractivity contribution in [2.45, 2.75) is 45.6 Å². The first-order chi connectivity index (χ1) is 11.8. The average molecular weight is 344 g/mol. The Balaban J connectivity index is 1.54. The minimum atomic E-state index is -0.255. The van der Waals surface area contributed by atoms with Gasteiger partial charge in [-0.15, -0.1) is 0 Å². The van der Waals surface area contributed by atoms with E-state index in [0.29, 0.717) is 31.7 Å². The maximum atomic E-state index is 12.7. The molecule has 0 atom stereocenters. The lowest BCUT2D eigenvalue weighted by Gasteiger charge is -2.38. The van der Waals surface area contributed by atoms with Gasteiger partial charge in [0.2, 0.25) is 5.91 Å². The smallest absolute Gasteiger partial charge is 0.253 e. The standard InChI is InChI=1S/C20H28N2O3/c1-20(2,3)25-17-9-7-16(8-10-17)19(24)22-13-11-21(12-14-22)18(23)15-5-4-6-15/h7-10,15H,4-6,11-14H2,1-3H3. The molecule has 0 radical (unpaired) electrons. The summed E-state index contributed by atoms with van der Waals surface area (Å²) in [6.07, 6.45) is 3.23. The zero-order chi connectivity index (χ0) is 18.0. The van der Waals surface area contributed by atoms with Crippen LogP contribution in [0.4, 0.5) is 0 Å². The highest BCUT2D eigenvalue weighted by Gasteiger charge is 2.32. The fourth-order valence-corrected chi connectivity index (χ4v) is 3.25. The van der Waals surface area contributed by atoms with E-state index < -0.39 is 0 Å². The molecule has 1 aliphatic heterocycles. The summed E-state index contributed by atoms with van der Waals surface area (Å²) < 4.78 is 5.79. The van der Waals surface area contributed by atoms with Gasteiger partial charge in [-0.1, -0.05) is 6.42 Å². The molecule has 1 aromatic carbocycles. The molecule has 3 rings (SSSR count). The van der Waals surface area contributed by atoms with Gasteiger partial charge in [0, 0.05) is 37.7 Å². The Morgan fingerprint density at radius 3 is 2.00 bits per heavy atom. The SMILES string of the molecule is CC(C)(C)Oc1ccc(C(=O)N2CCN(C(=O)C3CCC3)CC2)cc1. The molecule has 25 heavy (non-hydrogen) atoms. The van der Waals surface area contributed by atoms with E-state index >= 15 is 0 Å². The van der Waals surface area contributed by atoms with Gasteiger partial charge in [-0.2, -0.15) is 0 Å². The number of ether oxygens (including phenoxy) is 1. The van der Waals surface area contributed by atoms with E-state index in [2.05, 4.69) is 0 Å². The first-order valence-electron chi connectivity index (χ1n) is 9.21. The first kappa shape index (κ1) is 17.8. The molecule has 2 fully saturated rings. The lowest BCUT2D eigenvalue weighted by atomic mass is 9.84. The molecule has 1 aliphatic carbocycles. The summed E-state index contributed by atoms with van der Waals surface area (Å²) in [5.41, 5.74) is 0.412. The number of nitrogens with zero attached hydrogens (tertiary/aromatic N) is 2. The summed E-state index contributed by atoms with van der Waals surface area (Å²) in [5, 5.41) is 0. The quantitative estimate of drug-likeness (QED) is 0.847. The molecule has 2 aliphatic rings. The normalized spacial score (nSPS) is 18.7. The molecule has 0 bridgehead atoms. The second-order valence-corrected chi connectivity index (χ2v) is 7.98. The van der Waals surface area contributed by atoms with Crippen molar-refractivity contribution in [2.24, 2.45) is 5.92 Å². The van der Waals surface area contributed by atoms with Gasteiger partial charge >= 0.3 is 0 Å². The van der Waals surface area contributed by atoms with Crippen LogP contribution in [0.2, 0.25) is 0 Å². The Morgan fingerprint density at radius 2 is 1.52 bits per heavy atom. The molecule has 2 amide bonds. The Labute approximate surface area is 149 Å². The molecule has 1 saturated heterocycles. The highest BCUT2D eigenvalue weighted by Crippen LogP contribution is 2.28. The molecule has 0 spiro atoms. The summed E-state index contributed by atoms with van der Waals surface area (Å²) in [5.74, 6) is 1.30. The molecule has 1 saturated carbocycles. The number of piperazine rings is 1. The molecule has 1 heterocycles. The van der Waals surface area contributed by atoms with E-state index in [0.717, 1.165) is 18.6 Å². The van der Waals surface area contributed by atoms with Gasteiger partial charge < -0.3 is 14.5 Å². The number of benzene rings is 1. The fraction of sp³-hybridized carbons (Fsp3) is 0.600. The van der Waals surface area contributed by atoms with Crippen molar-refractivity contribution in [2.75, 3.05) is 26.2 Å². The van der Waals surface area contributed by atoms with E-state index in [1.807, 2.05) is 54.8 Å². The topological polar surface area (TPSA) is 49.9 Å². The zero-order valence-electron chi connectivity index (χ0n) is 15.5. The number of carbonyl (C=O) groups is 2. The molecule has 0 N–H and O–H groups in total. The van der Waals surface area contributed by atoms with Crippen LogP contribution < -0.4 is 4.74 Å². The Kier molecular flexibility index (Phi) is 5.02. The van der Waals surface area contributed by atoms with E-state index in [1.54, 1.807) is 0 Å². The average Bonchev–Trinajstić information content (AvgIpc) is 2.52. The van der Waals surface area contributed by atoms with Crippen LogP contribution in [0.5, 0.6) is 5.75 Å². The molecule has 0 aromatic heterocycles. The van der Waals surface area contributed by atoms with E-state index in [4.69, 9.17) is 4.74 Å². The van der Waals surface area contributed by atoms with Crippen molar-refractivity contribution in [1.29, 1.82) is 0 Å². The van der Waals surface area contributed by atoms with Gasteiger partial charge in [-0.05, 0) is 57.9 Å². The highest BCUT2D eigenvalue weighted by molar-refractivity contribution is 5.94. The van der Waals surface area contributed by atoms with Gasteiger partial charge in [0.25, 0.3) is 5.91 Å². The Morgan fingerprint density at radius 1 is 0.960 bits per heavy atom. The number of amides is 2. The molecule has 1 aromatic rings. The fourth-order valence-electron chi connectivity index (χ4n) is 3.25. The van der Waals surface area contributed by atoms with E-state index in [1.165, 1.54) is 6.42 Å². The van der Waals surface area contributed by atoms with Gasteiger partial charge in [0.1, 0.15) is 11.4 Å².